The highest BCUT2D eigenvalue weighted by Crippen LogP contribution is 2.10. The van der Waals surface area contributed by atoms with Gasteiger partial charge >= 0.3 is 0 Å². The lowest BCUT2D eigenvalue weighted by Crippen LogP contribution is -2.28. The largest absolute Gasteiger partial charge is 0.389 e. The Hall–Kier alpha value is -2.28. The van der Waals surface area contributed by atoms with Crippen LogP contribution in [0.2, 0.25) is 0 Å². The number of rotatable bonds is 3. The lowest BCUT2D eigenvalue weighted by Gasteiger charge is -2.07. The molecule has 1 aromatic carbocycles. The van der Waals surface area contributed by atoms with E-state index in [-0.39, 0.29) is 17.1 Å². The van der Waals surface area contributed by atoms with Gasteiger partial charge < -0.3 is 5.73 Å². The van der Waals surface area contributed by atoms with E-state index in [1.807, 2.05) is 0 Å². The lowest BCUT2D eigenvalue weighted by molar-refractivity contribution is 0.606. The second-order valence-corrected chi connectivity index (χ2v) is 4.39. The van der Waals surface area contributed by atoms with Crippen molar-refractivity contribution in [2.75, 3.05) is 0 Å². The van der Waals surface area contributed by atoms with Gasteiger partial charge in [0.25, 0.3) is 11.1 Å². The summed E-state index contributed by atoms with van der Waals surface area (Å²) in [6.07, 6.45) is 0. The third-order valence-electron chi connectivity index (χ3n) is 2.47. The second-order valence-electron chi connectivity index (χ2n) is 3.95. The fourth-order valence-corrected chi connectivity index (χ4v) is 1.76. The molecule has 7 heteroatoms. The Labute approximate surface area is 112 Å². The first-order valence-electron chi connectivity index (χ1n) is 5.35. The summed E-state index contributed by atoms with van der Waals surface area (Å²) in [5.41, 5.74) is 5.49. The SMILES string of the molecule is NC(=S)c1cc(F)cc(Cn2[nH]c(=O)ccc2=O)c1. The minimum atomic E-state index is -0.508. The third kappa shape index (κ3) is 3.14. The molecule has 0 aliphatic rings. The highest BCUT2D eigenvalue weighted by atomic mass is 32.1. The van der Waals surface area contributed by atoms with Gasteiger partial charge in [-0.1, -0.05) is 12.2 Å². The van der Waals surface area contributed by atoms with E-state index < -0.39 is 11.4 Å². The Bertz CT molecular complexity index is 751. The summed E-state index contributed by atoms with van der Waals surface area (Å²) in [5, 5.41) is 2.35. The topological polar surface area (TPSA) is 80.9 Å². The van der Waals surface area contributed by atoms with Crippen LogP contribution in [0.5, 0.6) is 0 Å². The van der Waals surface area contributed by atoms with E-state index in [4.69, 9.17) is 18.0 Å². The summed E-state index contributed by atoms with van der Waals surface area (Å²) < 4.78 is 14.5. The Kier molecular flexibility index (Phi) is 3.57. The molecule has 3 N–H and O–H groups in total. The molecule has 0 unspecified atom stereocenters. The Balaban J connectivity index is 2.43. The average Bonchev–Trinajstić information content (AvgIpc) is 2.33. The fourth-order valence-electron chi connectivity index (χ4n) is 1.65. The first-order valence-corrected chi connectivity index (χ1v) is 5.76. The molecule has 0 aliphatic heterocycles. The van der Waals surface area contributed by atoms with Crippen molar-refractivity contribution in [2.45, 2.75) is 6.54 Å². The second kappa shape index (κ2) is 5.15. The van der Waals surface area contributed by atoms with Gasteiger partial charge in [-0.3, -0.25) is 14.7 Å². The van der Waals surface area contributed by atoms with Crippen molar-refractivity contribution < 1.29 is 4.39 Å². The van der Waals surface area contributed by atoms with E-state index in [0.717, 1.165) is 16.8 Å². The fraction of sp³-hybridized carbons (Fsp3) is 0.0833. The van der Waals surface area contributed by atoms with Crippen molar-refractivity contribution in [3.63, 3.8) is 0 Å². The normalized spacial score (nSPS) is 10.4. The van der Waals surface area contributed by atoms with Crippen LogP contribution in [-0.2, 0) is 6.54 Å². The maximum absolute atomic E-state index is 13.4. The van der Waals surface area contributed by atoms with Gasteiger partial charge in [0.2, 0.25) is 0 Å². The minimum absolute atomic E-state index is 0.0300. The molecule has 0 saturated heterocycles. The summed E-state index contributed by atoms with van der Waals surface area (Å²) in [5.74, 6) is -0.508. The van der Waals surface area contributed by atoms with Crippen LogP contribution in [0, 0.1) is 5.82 Å². The van der Waals surface area contributed by atoms with E-state index in [0.29, 0.717) is 11.1 Å². The van der Waals surface area contributed by atoms with Crippen LogP contribution in [0.3, 0.4) is 0 Å². The van der Waals surface area contributed by atoms with Crippen LogP contribution in [0.1, 0.15) is 11.1 Å². The molecule has 0 fully saturated rings. The average molecular weight is 279 g/mol. The summed E-state index contributed by atoms with van der Waals surface area (Å²) in [6.45, 7) is 0.0300. The van der Waals surface area contributed by atoms with Crippen LogP contribution in [0.25, 0.3) is 0 Å². The number of nitrogens with one attached hydrogen (secondary N) is 1. The third-order valence-corrected chi connectivity index (χ3v) is 2.71. The standard InChI is InChI=1S/C12H10FN3O2S/c13-9-4-7(3-8(5-9)12(14)19)6-16-11(18)2-1-10(17)15-16/h1-5H,6H2,(H2,14,19)(H,15,17). The molecule has 1 aromatic heterocycles. The van der Waals surface area contributed by atoms with E-state index in [1.165, 1.54) is 12.1 Å². The number of nitrogens with zero attached hydrogens (tertiary/aromatic N) is 1. The Morgan fingerprint density at radius 2 is 2.05 bits per heavy atom. The van der Waals surface area contributed by atoms with Crippen LogP contribution in [0.15, 0.2) is 39.9 Å². The molecular weight excluding hydrogens is 269 g/mol. The maximum atomic E-state index is 13.4. The molecule has 98 valence electrons. The van der Waals surface area contributed by atoms with E-state index in [2.05, 4.69) is 5.10 Å². The number of halogens is 1. The molecule has 0 spiro atoms. The van der Waals surface area contributed by atoms with Gasteiger partial charge in [0.15, 0.2) is 0 Å². The van der Waals surface area contributed by atoms with Gasteiger partial charge in [0, 0.05) is 17.7 Å². The van der Waals surface area contributed by atoms with Gasteiger partial charge in [-0.2, -0.15) is 0 Å². The highest BCUT2D eigenvalue weighted by Gasteiger charge is 2.05. The van der Waals surface area contributed by atoms with E-state index >= 15 is 0 Å². The number of thiocarbonyl (C=S) groups is 1. The minimum Gasteiger partial charge on any atom is -0.389 e. The lowest BCUT2D eigenvalue weighted by atomic mass is 10.1. The number of aromatic nitrogens is 2. The molecule has 0 radical (unpaired) electrons. The molecule has 1 heterocycles. The molecule has 0 aliphatic carbocycles. The summed E-state index contributed by atoms with van der Waals surface area (Å²) in [4.78, 5) is 22.7. The smallest absolute Gasteiger partial charge is 0.265 e. The van der Waals surface area contributed by atoms with Gasteiger partial charge in [-0.25, -0.2) is 9.07 Å². The molecule has 2 rings (SSSR count). The van der Waals surface area contributed by atoms with Crippen LogP contribution in [-0.4, -0.2) is 14.8 Å². The predicted octanol–water partition coefficient (Wildman–Crippen LogP) is 0.358. The molecule has 0 amide bonds. The zero-order valence-corrected chi connectivity index (χ0v) is 10.5. The molecule has 2 aromatic rings. The quantitative estimate of drug-likeness (QED) is 0.795. The van der Waals surface area contributed by atoms with Crippen molar-refractivity contribution in [1.29, 1.82) is 0 Å². The number of hydrogen-bond donors (Lipinski definition) is 2. The zero-order chi connectivity index (χ0) is 14.0. The maximum Gasteiger partial charge on any atom is 0.265 e. The van der Waals surface area contributed by atoms with Gasteiger partial charge in [0.05, 0.1) is 6.54 Å². The van der Waals surface area contributed by atoms with E-state index in [1.54, 1.807) is 6.07 Å². The zero-order valence-electron chi connectivity index (χ0n) is 9.72. The van der Waals surface area contributed by atoms with E-state index in [9.17, 15) is 14.0 Å². The number of benzene rings is 1. The van der Waals surface area contributed by atoms with Gasteiger partial charge in [0.1, 0.15) is 10.8 Å². The molecule has 5 nitrogen and oxygen atoms in total. The predicted molar refractivity (Wildman–Crippen MR) is 72.7 cm³/mol. The van der Waals surface area contributed by atoms with Crippen molar-refractivity contribution >= 4 is 17.2 Å². The Morgan fingerprint density at radius 1 is 1.32 bits per heavy atom. The summed E-state index contributed by atoms with van der Waals surface area (Å²) in [6, 6.07) is 6.31. The summed E-state index contributed by atoms with van der Waals surface area (Å²) >= 11 is 4.78. The molecular formula is C12H10FN3O2S. The molecule has 0 saturated carbocycles. The molecule has 19 heavy (non-hydrogen) atoms. The molecule has 0 atom stereocenters. The van der Waals surface area contributed by atoms with Crippen LogP contribution >= 0.6 is 12.2 Å². The first-order chi connectivity index (χ1) is 8.95. The van der Waals surface area contributed by atoms with Crippen molar-refractivity contribution in [2.24, 2.45) is 5.73 Å². The van der Waals surface area contributed by atoms with Crippen LogP contribution in [0.4, 0.5) is 4.39 Å². The van der Waals surface area contributed by atoms with Crippen molar-refractivity contribution in [3.8, 4) is 0 Å². The van der Waals surface area contributed by atoms with Gasteiger partial charge in [-0.05, 0) is 23.8 Å². The number of H-pyrrole nitrogens is 1. The van der Waals surface area contributed by atoms with Crippen LogP contribution < -0.4 is 16.9 Å². The number of hydrogen-bond acceptors (Lipinski definition) is 3. The highest BCUT2D eigenvalue weighted by molar-refractivity contribution is 7.80. The molecule has 0 bridgehead atoms. The van der Waals surface area contributed by atoms with Gasteiger partial charge in [-0.15, -0.1) is 0 Å². The monoisotopic (exact) mass is 279 g/mol. The Morgan fingerprint density at radius 3 is 2.74 bits per heavy atom. The number of nitrogens with two attached hydrogens (primary N) is 1. The number of aromatic amines is 1. The summed E-state index contributed by atoms with van der Waals surface area (Å²) in [7, 11) is 0. The van der Waals surface area contributed by atoms with Crippen molar-refractivity contribution in [1.82, 2.24) is 9.78 Å². The van der Waals surface area contributed by atoms with Crippen molar-refractivity contribution in [3.05, 3.63) is 68.0 Å². The first kappa shape index (κ1) is 13.2.